The number of rotatable bonds is 9. The summed E-state index contributed by atoms with van der Waals surface area (Å²) in [4.78, 5) is 39.3. The molecule has 1 aromatic rings. The van der Waals surface area contributed by atoms with Gasteiger partial charge in [0, 0.05) is 24.5 Å². The molecule has 0 aromatic heterocycles. The molecule has 1 aliphatic heterocycles. The van der Waals surface area contributed by atoms with Crippen molar-refractivity contribution in [2.24, 2.45) is 11.7 Å². The molecule has 2 fully saturated rings. The number of hydrogen-bond donors (Lipinski definition) is 2. The molecule has 0 unspecified atom stereocenters. The summed E-state index contributed by atoms with van der Waals surface area (Å²) < 4.78 is 31.2. The number of primary amides is 1. The second-order valence-electron chi connectivity index (χ2n) is 7.58. The summed E-state index contributed by atoms with van der Waals surface area (Å²) in [6.45, 7) is 0.405. The van der Waals surface area contributed by atoms with Crippen LogP contribution in [-0.4, -0.2) is 67.9 Å². The van der Waals surface area contributed by atoms with E-state index in [0.717, 1.165) is 19.3 Å². The number of carbonyl (C=O) groups excluding carboxylic acids is 3. The van der Waals surface area contributed by atoms with E-state index in [2.05, 4.69) is 5.32 Å². The quantitative estimate of drug-likeness (QED) is 0.580. The van der Waals surface area contributed by atoms with Gasteiger partial charge in [-0.25, -0.2) is 8.78 Å². The summed E-state index contributed by atoms with van der Waals surface area (Å²) in [5.41, 5.74) is 6.42. The van der Waals surface area contributed by atoms with Crippen LogP contribution in [0.3, 0.4) is 0 Å². The molecule has 0 spiro atoms. The van der Waals surface area contributed by atoms with Crippen LogP contribution < -0.4 is 16.0 Å². The van der Waals surface area contributed by atoms with Crippen LogP contribution in [0.5, 0.6) is 0 Å². The van der Waals surface area contributed by atoms with E-state index in [9.17, 15) is 23.2 Å². The standard InChI is InChI=1S/C20H26F2N4O4/c21-16(22)11-25(10-13-2-1-3-13)18(19(23)28)20(29)24-14-4-6-15(7-5-14)26-8-9-30-12-17(26)27/h4-7,13,16,18H,1-3,8-12H2,(H2,23,28)(H,24,29)/t18-/m1/s1. The van der Waals surface area contributed by atoms with Gasteiger partial charge in [0.2, 0.25) is 5.91 Å². The molecule has 1 aromatic carbocycles. The summed E-state index contributed by atoms with van der Waals surface area (Å²) in [7, 11) is 0. The Balaban J connectivity index is 1.68. The zero-order chi connectivity index (χ0) is 21.7. The lowest BCUT2D eigenvalue weighted by molar-refractivity contribution is -0.134. The van der Waals surface area contributed by atoms with Crippen LogP contribution in [0, 0.1) is 5.92 Å². The number of hydrogen-bond acceptors (Lipinski definition) is 5. The first-order chi connectivity index (χ1) is 14.3. The average molecular weight is 424 g/mol. The second-order valence-corrected chi connectivity index (χ2v) is 7.58. The Kier molecular flexibility index (Phi) is 7.33. The van der Waals surface area contributed by atoms with E-state index in [-0.39, 0.29) is 25.0 Å². The van der Waals surface area contributed by atoms with Gasteiger partial charge >= 0.3 is 0 Å². The number of benzene rings is 1. The highest BCUT2D eigenvalue weighted by molar-refractivity contribution is 6.09. The maximum Gasteiger partial charge on any atom is 0.253 e. The van der Waals surface area contributed by atoms with Gasteiger partial charge in [-0.05, 0) is 43.0 Å². The maximum absolute atomic E-state index is 13.1. The van der Waals surface area contributed by atoms with E-state index in [4.69, 9.17) is 10.5 Å². The van der Waals surface area contributed by atoms with Crippen molar-refractivity contribution in [1.82, 2.24) is 4.90 Å². The molecular weight excluding hydrogens is 398 g/mol. The summed E-state index contributed by atoms with van der Waals surface area (Å²) in [6, 6.07) is 4.99. The monoisotopic (exact) mass is 424 g/mol. The van der Waals surface area contributed by atoms with E-state index < -0.39 is 30.8 Å². The van der Waals surface area contributed by atoms with Crippen LogP contribution in [0.15, 0.2) is 24.3 Å². The number of anilines is 2. The van der Waals surface area contributed by atoms with Gasteiger partial charge < -0.3 is 20.7 Å². The minimum absolute atomic E-state index is 0.0136. The highest BCUT2D eigenvalue weighted by atomic mass is 19.3. The molecule has 10 heteroatoms. The Bertz CT molecular complexity index is 771. The molecule has 30 heavy (non-hydrogen) atoms. The molecule has 3 N–H and O–H groups in total. The lowest BCUT2D eigenvalue weighted by atomic mass is 9.85. The molecule has 0 radical (unpaired) electrons. The number of carbonyl (C=O) groups is 3. The largest absolute Gasteiger partial charge is 0.370 e. The average Bonchev–Trinajstić information content (AvgIpc) is 2.65. The first kappa shape index (κ1) is 22.1. The number of nitrogens with one attached hydrogen (secondary N) is 1. The third-order valence-electron chi connectivity index (χ3n) is 5.41. The minimum Gasteiger partial charge on any atom is -0.370 e. The normalized spacial score (nSPS) is 18.4. The van der Waals surface area contributed by atoms with Crippen LogP contribution in [0.25, 0.3) is 0 Å². The Morgan fingerprint density at radius 3 is 2.50 bits per heavy atom. The molecule has 1 saturated carbocycles. The van der Waals surface area contributed by atoms with Crippen LogP contribution in [0.1, 0.15) is 19.3 Å². The minimum atomic E-state index is -2.69. The van der Waals surface area contributed by atoms with Gasteiger partial charge in [-0.15, -0.1) is 0 Å². The van der Waals surface area contributed by atoms with Gasteiger partial charge in [0.1, 0.15) is 6.61 Å². The SMILES string of the molecule is NC(=O)[C@H](C(=O)Nc1ccc(N2CCOCC2=O)cc1)N(CC(F)F)CC1CCC1. The van der Waals surface area contributed by atoms with Gasteiger partial charge in [-0.2, -0.15) is 0 Å². The smallest absolute Gasteiger partial charge is 0.253 e. The fourth-order valence-corrected chi connectivity index (χ4v) is 3.67. The van der Waals surface area contributed by atoms with Crippen LogP contribution >= 0.6 is 0 Å². The van der Waals surface area contributed by atoms with E-state index in [1.54, 1.807) is 29.2 Å². The van der Waals surface area contributed by atoms with Gasteiger partial charge in [-0.1, -0.05) is 6.42 Å². The van der Waals surface area contributed by atoms with Crippen molar-refractivity contribution in [3.8, 4) is 0 Å². The lowest BCUT2D eigenvalue weighted by Crippen LogP contribution is -2.55. The van der Waals surface area contributed by atoms with E-state index in [1.165, 1.54) is 4.90 Å². The summed E-state index contributed by atoms with van der Waals surface area (Å²) >= 11 is 0. The molecule has 8 nitrogen and oxygen atoms in total. The van der Waals surface area contributed by atoms with Crippen LogP contribution in [0.2, 0.25) is 0 Å². The molecule has 1 aliphatic carbocycles. The van der Waals surface area contributed by atoms with Crippen molar-refractivity contribution in [1.29, 1.82) is 0 Å². The van der Waals surface area contributed by atoms with E-state index in [0.29, 0.717) is 24.5 Å². The topological polar surface area (TPSA) is 105 Å². The Morgan fingerprint density at radius 1 is 1.27 bits per heavy atom. The van der Waals surface area contributed by atoms with Crippen molar-refractivity contribution in [3.63, 3.8) is 0 Å². The first-order valence-electron chi connectivity index (χ1n) is 9.95. The van der Waals surface area contributed by atoms with Gasteiger partial charge in [0.25, 0.3) is 18.2 Å². The molecule has 1 atom stereocenters. The zero-order valence-electron chi connectivity index (χ0n) is 16.6. The van der Waals surface area contributed by atoms with Crippen LogP contribution in [-0.2, 0) is 19.1 Å². The third-order valence-corrected chi connectivity index (χ3v) is 5.41. The summed E-state index contributed by atoms with van der Waals surface area (Å²) in [5.74, 6) is -1.70. The van der Waals surface area contributed by atoms with Crippen molar-refractivity contribution in [2.75, 3.05) is 43.1 Å². The van der Waals surface area contributed by atoms with Gasteiger partial charge in [0.15, 0.2) is 6.04 Å². The molecule has 0 bridgehead atoms. The molecular formula is C20H26F2N4O4. The molecule has 1 saturated heterocycles. The fourth-order valence-electron chi connectivity index (χ4n) is 3.67. The molecule has 2 aliphatic rings. The van der Waals surface area contributed by atoms with Crippen molar-refractivity contribution in [3.05, 3.63) is 24.3 Å². The maximum atomic E-state index is 13.1. The Labute approximate surface area is 173 Å². The number of ether oxygens (including phenoxy) is 1. The lowest BCUT2D eigenvalue weighted by Gasteiger charge is -2.35. The van der Waals surface area contributed by atoms with Crippen molar-refractivity contribution >= 4 is 29.1 Å². The van der Waals surface area contributed by atoms with Gasteiger partial charge in [0.05, 0.1) is 13.2 Å². The summed E-state index contributed by atoms with van der Waals surface area (Å²) in [6.07, 6.45) is 0.0898. The van der Waals surface area contributed by atoms with Gasteiger partial charge in [-0.3, -0.25) is 19.3 Å². The number of alkyl halides is 2. The number of halogens is 2. The fraction of sp³-hybridized carbons (Fsp3) is 0.550. The highest BCUT2D eigenvalue weighted by Crippen LogP contribution is 2.28. The Hall–Kier alpha value is -2.59. The predicted molar refractivity (Wildman–Crippen MR) is 106 cm³/mol. The molecule has 1 heterocycles. The highest BCUT2D eigenvalue weighted by Gasteiger charge is 2.35. The third kappa shape index (κ3) is 5.51. The number of amides is 3. The van der Waals surface area contributed by atoms with E-state index >= 15 is 0 Å². The zero-order valence-corrected chi connectivity index (χ0v) is 16.6. The van der Waals surface area contributed by atoms with Crippen LogP contribution in [0.4, 0.5) is 20.2 Å². The molecule has 3 amide bonds. The van der Waals surface area contributed by atoms with Crippen molar-refractivity contribution < 1.29 is 27.9 Å². The number of nitrogens with zero attached hydrogens (tertiary/aromatic N) is 2. The predicted octanol–water partition coefficient (Wildman–Crippen LogP) is 1.21. The summed E-state index contributed by atoms with van der Waals surface area (Å²) in [5, 5.41) is 2.57. The molecule has 3 rings (SSSR count). The van der Waals surface area contributed by atoms with Crippen molar-refractivity contribution in [2.45, 2.75) is 31.7 Å². The number of nitrogens with two attached hydrogens (primary N) is 1. The number of morpholine rings is 1. The molecule has 164 valence electrons. The first-order valence-corrected chi connectivity index (χ1v) is 9.95. The van der Waals surface area contributed by atoms with E-state index in [1.807, 2.05) is 0 Å². The second kappa shape index (κ2) is 9.94. The Morgan fingerprint density at radius 2 is 1.97 bits per heavy atom.